The quantitative estimate of drug-likeness (QED) is 0.882. The normalized spacial score (nSPS) is 15.8. The second kappa shape index (κ2) is 5.61. The molecule has 1 saturated carbocycles. The maximum absolute atomic E-state index is 12.4. The summed E-state index contributed by atoms with van der Waals surface area (Å²) in [5.41, 5.74) is 8.48. The lowest BCUT2D eigenvalue weighted by Crippen LogP contribution is -2.38. The largest absolute Gasteiger partial charge is 0.360 e. The van der Waals surface area contributed by atoms with Gasteiger partial charge in [-0.3, -0.25) is 9.36 Å². The number of nitrogens with one attached hydrogen (secondary N) is 1. The number of rotatable bonds is 5. The summed E-state index contributed by atoms with van der Waals surface area (Å²) in [6.07, 6.45) is 2.36. The predicted octanol–water partition coefficient (Wildman–Crippen LogP) is 1.86. The number of aryl methyl sites for hydroxylation is 2. The van der Waals surface area contributed by atoms with Crippen molar-refractivity contribution >= 4 is 5.91 Å². The van der Waals surface area contributed by atoms with E-state index in [0.717, 1.165) is 17.1 Å². The average molecular weight is 302 g/mol. The van der Waals surface area contributed by atoms with Crippen LogP contribution in [0.15, 0.2) is 16.7 Å². The first-order valence-corrected chi connectivity index (χ1v) is 7.63. The number of hydrogen-bond acceptors (Lipinski definition) is 4. The molecule has 0 spiro atoms. The molecule has 0 bridgehead atoms. The standard InChI is InChI=1S/C16H22N4O2/c1-9-6-13(16(21)18-8-14(17)12-4-5-12)11(3)20(9)15-7-10(2)22-19-15/h6-7,12,14H,4-5,8,17H2,1-3H3,(H,18,21). The van der Waals surface area contributed by atoms with Crippen molar-refractivity contribution in [2.24, 2.45) is 11.7 Å². The van der Waals surface area contributed by atoms with Gasteiger partial charge in [-0.05, 0) is 45.6 Å². The Morgan fingerprint density at radius 3 is 2.77 bits per heavy atom. The zero-order valence-corrected chi connectivity index (χ0v) is 13.2. The molecule has 6 heteroatoms. The molecular weight excluding hydrogens is 280 g/mol. The maximum atomic E-state index is 12.4. The van der Waals surface area contributed by atoms with Crippen molar-refractivity contribution in [1.82, 2.24) is 15.0 Å². The van der Waals surface area contributed by atoms with Gasteiger partial charge in [0, 0.05) is 30.0 Å². The molecule has 0 aliphatic heterocycles. The van der Waals surface area contributed by atoms with Gasteiger partial charge in [0.05, 0.1) is 5.56 Å². The SMILES string of the molecule is Cc1cc(-n2c(C)cc(C(=O)NCC(N)C3CC3)c2C)no1. The van der Waals surface area contributed by atoms with Crippen molar-refractivity contribution in [1.29, 1.82) is 0 Å². The highest BCUT2D eigenvalue weighted by molar-refractivity contribution is 5.95. The van der Waals surface area contributed by atoms with Crippen LogP contribution in [0.3, 0.4) is 0 Å². The minimum atomic E-state index is -0.0873. The first-order chi connectivity index (χ1) is 10.5. The van der Waals surface area contributed by atoms with Crippen LogP contribution in [0.5, 0.6) is 0 Å². The molecule has 1 fully saturated rings. The van der Waals surface area contributed by atoms with Crippen molar-refractivity contribution < 1.29 is 9.32 Å². The molecule has 6 nitrogen and oxygen atoms in total. The van der Waals surface area contributed by atoms with Gasteiger partial charge in [-0.1, -0.05) is 5.16 Å². The van der Waals surface area contributed by atoms with Crippen LogP contribution in [0.25, 0.3) is 5.82 Å². The van der Waals surface area contributed by atoms with E-state index >= 15 is 0 Å². The van der Waals surface area contributed by atoms with E-state index in [1.165, 1.54) is 12.8 Å². The molecule has 0 aromatic carbocycles. The summed E-state index contributed by atoms with van der Waals surface area (Å²) in [4.78, 5) is 12.4. The van der Waals surface area contributed by atoms with E-state index in [1.54, 1.807) is 0 Å². The molecule has 0 saturated heterocycles. The molecule has 3 rings (SSSR count). The van der Waals surface area contributed by atoms with Crippen LogP contribution in [-0.2, 0) is 0 Å². The Labute approximate surface area is 129 Å². The van der Waals surface area contributed by atoms with Gasteiger partial charge in [-0.2, -0.15) is 0 Å². The lowest BCUT2D eigenvalue weighted by atomic mass is 10.2. The molecule has 1 amide bonds. The van der Waals surface area contributed by atoms with Gasteiger partial charge < -0.3 is 15.6 Å². The zero-order chi connectivity index (χ0) is 15.9. The van der Waals surface area contributed by atoms with Gasteiger partial charge in [-0.15, -0.1) is 0 Å². The van der Waals surface area contributed by atoms with Gasteiger partial charge in [0.1, 0.15) is 5.76 Å². The highest BCUT2D eigenvalue weighted by Gasteiger charge is 2.29. The molecule has 22 heavy (non-hydrogen) atoms. The van der Waals surface area contributed by atoms with Crippen LogP contribution in [-0.4, -0.2) is 28.2 Å². The molecule has 2 aromatic rings. The molecule has 3 N–H and O–H groups in total. The fourth-order valence-electron chi connectivity index (χ4n) is 2.80. The molecule has 1 atom stereocenters. The Kier molecular flexibility index (Phi) is 3.78. The van der Waals surface area contributed by atoms with E-state index in [2.05, 4.69) is 10.5 Å². The van der Waals surface area contributed by atoms with Crippen LogP contribution in [0.1, 0.15) is 40.3 Å². The van der Waals surface area contributed by atoms with Crippen molar-refractivity contribution in [3.8, 4) is 5.82 Å². The maximum Gasteiger partial charge on any atom is 0.253 e. The monoisotopic (exact) mass is 302 g/mol. The summed E-state index contributed by atoms with van der Waals surface area (Å²) in [5.74, 6) is 1.92. The Balaban J connectivity index is 1.77. The highest BCUT2D eigenvalue weighted by Crippen LogP contribution is 2.31. The number of nitrogens with zero attached hydrogens (tertiary/aromatic N) is 2. The number of amides is 1. The number of aromatic nitrogens is 2. The smallest absolute Gasteiger partial charge is 0.253 e. The Morgan fingerprint density at radius 2 is 2.18 bits per heavy atom. The number of carbonyl (C=O) groups is 1. The number of carbonyl (C=O) groups excluding carboxylic acids is 1. The molecule has 1 aliphatic rings. The van der Waals surface area contributed by atoms with E-state index in [-0.39, 0.29) is 11.9 Å². The Morgan fingerprint density at radius 1 is 1.45 bits per heavy atom. The molecule has 1 aliphatic carbocycles. The summed E-state index contributed by atoms with van der Waals surface area (Å²) < 4.78 is 7.05. The molecule has 2 aromatic heterocycles. The van der Waals surface area contributed by atoms with Crippen LogP contribution in [0.4, 0.5) is 0 Å². The van der Waals surface area contributed by atoms with E-state index < -0.39 is 0 Å². The van der Waals surface area contributed by atoms with Crippen LogP contribution < -0.4 is 11.1 Å². The average Bonchev–Trinajstić information content (AvgIpc) is 3.18. The first-order valence-electron chi connectivity index (χ1n) is 7.63. The summed E-state index contributed by atoms with van der Waals surface area (Å²) in [5, 5.41) is 6.96. The van der Waals surface area contributed by atoms with Gasteiger partial charge in [0.15, 0.2) is 5.82 Å². The van der Waals surface area contributed by atoms with Gasteiger partial charge in [-0.25, -0.2) is 0 Å². The van der Waals surface area contributed by atoms with Gasteiger partial charge >= 0.3 is 0 Å². The minimum absolute atomic E-state index is 0.0608. The number of hydrogen-bond donors (Lipinski definition) is 2. The fourth-order valence-corrected chi connectivity index (χ4v) is 2.80. The van der Waals surface area contributed by atoms with E-state index in [4.69, 9.17) is 10.3 Å². The minimum Gasteiger partial charge on any atom is -0.360 e. The predicted molar refractivity (Wildman–Crippen MR) is 83.1 cm³/mol. The fraction of sp³-hybridized carbons (Fsp3) is 0.500. The summed E-state index contributed by atoms with van der Waals surface area (Å²) in [6.45, 7) is 6.23. The summed E-state index contributed by atoms with van der Waals surface area (Å²) in [7, 11) is 0. The third-order valence-corrected chi connectivity index (χ3v) is 4.25. The van der Waals surface area contributed by atoms with Crippen molar-refractivity contribution in [3.05, 3.63) is 34.8 Å². The van der Waals surface area contributed by atoms with E-state index in [1.807, 2.05) is 37.5 Å². The zero-order valence-electron chi connectivity index (χ0n) is 13.2. The van der Waals surface area contributed by atoms with Crippen LogP contribution >= 0.6 is 0 Å². The van der Waals surface area contributed by atoms with Gasteiger partial charge in [0.2, 0.25) is 0 Å². The number of nitrogens with two attached hydrogens (primary N) is 1. The van der Waals surface area contributed by atoms with Crippen molar-refractivity contribution in [2.45, 2.75) is 39.7 Å². The topological polar surface area (TPSA) is 86.1 Å². The van der Waals surface area contributed by atoms with E-state index in [0.29, 0.717) is 23.8 Å². The molecule has 2 heterocycles. The molecule has 1 unspecified atom stereocenters. The lowest BCUT2D eigenvalue weighted by molar-refractivity contribution is 0.0949. The second-order valence-corrected chi connectivity index (χ2v) is 6.13. The van der Waals surface area contributed by atoms with Crippen LogP contribution in [0, 0.1) is 26.7 Å². The summed E-state index contributed by atoms with van der Waals surface area (Å²) in [6, 6.07) is 3.78. The molecular formula is C16H22N4O2. The third kappa shape index (κ3) is 2.78. The second-order valence-electron chi connectivity index (χ2n) is 6.13. The van der Waals surface area contributed by atoms with Crippen molar-refractivity contribution in [3.63, 3.8) is 0 Å². The van der Waals surface area contributed by atoms with Gasteiger partial charge in [0.25, 0.3) is 5.91 Å². The lowest BCUT2D eigenvalue weighted by Gasteiger charge is -2.11. The highest BCUT2D eigenvalue weighted by atomic mass is 16.5. The van der Waals surface area contributed by atoms with E-state index in [9.17, 15) is 4.79 Å². The molecule has 118 valence electrons. The summed E-state index contributed by atoms with van der Waals surface area (Å²) >= 11 is 0. The Bertz CT molecular complexity index is 697. The molecule has 0 radical (unpaired) electrons. The Hall–Kier alpha value is -2.08. The van der Waals surface area contributed by atoms with Crippen molar-refractivity contribution in [2.75, 3.05) is 6.54 Å². The van der Waals surface area contributed by atoms with Crippen LogP contribution in [0.2, 0.25) is 0 Å². The first kappa shape index (κ1) is 14.8. The third-order valence-electron chi connectivity index (χ3n) is 4.25.